The van der Waals surface area contributed by atoms with E-state index in [0.29, 0.717) is 5.95 Å². The van der Waals surface area contributed by atoms with E-state index in [0.717, 1.165) is 23.6 Å². The van der Waals surface area contributed by atoms with E-state index in [2.05, 4.69) is 27.1 Å². The lowest BCUT2D eigenvalue weighted by molar-refractivity contribution is 0.482. The number of hydrogen-bond acceptors (Lipinski definition) is 3. The van der Waals surface area contributed by atoms with Crippen molar-refractivity contribution >= 4 is 5.95 Å². The summed E-state index contributed by atoms with van der Waals surface area (Å²) in [6.45, 7) is 0.981. The van der Waals surface area contributed by atoms with Crippen molar-refractivity contribution in [3.05, 3.63) is 53.9 Å². The molecule has 1 heterocycles. The highest BCUT2D eigenvalue weighted by Gasteiger charge is 2.12. The summed E-state index contributed by atoms with van der Waals surface area (Å²) in [5.41, 5.74) is 1.84. The fourth-order valence-electron chi connectivity index (χ4n) is 2.95. The Morgan fingerprint density at radius 2 is 1.52 bits per heavy atom. The van der Waals surface area contributed by atoms with Crippen LogP contribution in [0.4, 0.5) is 5.95 Å². The molecular formula is C20H23N3. The molecule has 0 amide bonds. The van der Waals surface area contributed by atoms with E-state index in [9.17, 15) is 0 Å². The van der Waals surface area contributed by atoms with Crippen LogP contribution in [0.25, 0.3) is 0 Å². The van der Waals surface area contributed by atoms with Gasteiger partial charge in [-0.3, -0.25) is 0 Å². The monoisotopic (exact) mass is 305 g/mol. The van der Waals surface area contributed by atoms with Gasteiger partial charge in [-0.05, 0) is 30.9 Å². The second-order valence-electron chi connectivity index (χ2n) is 6.15. The van der Waals surface area contributed by atoms with Gasteiger partial charge in [-0.1, -0.05) is 55.7 Å². The maximum absolute atomic E-state index is 4.37. The molecule has 1 aromatic heterocycles. The Hall–Kier alpha value is -2.34. The van der Waals surface area contributed by atoms with E-state index in [-0.39, 0.29) is 0 Å². The second kappa shape index (κ2) is 8.33. The molecule has 23 heavy (non-hydrogen) atoms. The van der Waals surface area contributed by atoms with Crippen LogP contribution < -0.4 is 5.32 Å². The van der Waals surface area contributed by atoms with Crippen LogP contribution in [0.15, 0.2) is 42.7 Å². The van der Waals surface area contributed by atoms with Crippen LogP contribution in [0, 0.1) is 17.8 Å². The number of anilines is 1. The lowest BCUT2D eigenvalue weighted by Gasteiger charge is -2.14. The summed E-state index contributed by atoms with van der Waals surface area (Å²) < 4.78 is 0. The molecule has 1 aromatic carbocycles. The second-order valence-corrected chi connectivity index (χ2v) is 6.15. The predicted octanol–water partition coefficient (Wildman–Crippen LogP) is 4.26. The van der Waals surface area contributed by atoms with E-state index in [1.54, 1.807) is 12.4 Å². The Morgan fingerprint density at radius 1 is 0.870 bits per heavy atom. The first-order chi connectivity index (χ1) is 11.4. The van der Waals surface area contributed by atoms with E-state index < -0.39 is 0 Å². The Labute approximate surface area is 138 Å². The highest BCUT2D eigenvalue weighted by atomic mass is 15.1. The van der Waals surface area contributed by atoms with Gasteiger partial charge in [-0.25, -0.2) is 9.97 Å². The van der Waals surface area contributed by atoms with Gasteiger partial charge in [0.15, 0.2) is 0 Å². The van der Waals surface area contributed by atoms with Crippen molar-refractivity contribution in [3.63, 3.8) is 0 Å². The van der Waals surface area contributed by atoms with Crippen molar-refractivity contribution in [1.29, 1.82) is 0 Å². The highest BCUT2D eigenvalue weighted by Crippen LogP contribution is 2.22. The van der Waals surface area contributed by atoms with Gasteiger partial charge in [-0.15, -0.1) is 0 Å². The highest BCUT2D eigenvalue weighted by molar-refractivity contribution is 5.41. The van der Waals surface area contributed by atoms with Crippen LogP contribution in [-0.4, -0.2) is 16.5 Å². The average Bonchev–Trinajstić information content (AvgIpc) is 2.89. The number of benzene rings is 1. The molecule has 1 aliphatic rings. The summed E-state index contributed by atoms with van der Waals surface area (Å²) in [5, 5.41) is 3.37. The van der Waals surface area contributed by atoms with Gasteiger partial charge >= 0.3 is 0 Å². The molecule has 0 radical (unpaired) electrons. The molecule has 0 unspecified atom stereocenters. The lowest BCUT2D eigenvalue weighted by atomic mass is 10.0. The third-order valence-corrected chi connectivity index (χ3v) is 4.30. The van der Waals surface area contributed by atoms with Crippen molar-refractivity contribution in [2.24, 2.45) is 5.92 Å². The number of rotatable bonds is 3. The maximum atomic E-state index is 4.37. The van der Waals surface area contributed by atoms with Crippen LogP contribution in [0.2, 0.25) is 0 Å². The summed E-state index contributed by atoms with van der Waals surface area (Å²) in [5.74, 6) is 7.69. The molecule has 0 atom stereocenters. The fraction of sp³-hybridized carbons (Fsp3) is 0.400. The topological polar surface area (TPSA) is 37.8 Å². The van der Waals surface area contributed by atoms with Gasteiger partial charge in [-0.2, -0.15) is 0 Å². The molecule has 0 spiro atoms. The summed E-state index contributed by atoms with van der Waals surface area (Å²) in [7, 11) is 0. The summed E-state index contributed by atoms with van der Waals surface area (Å²) in [6.07, 6.45) is 11.7. The van der Waals surface area contributed by atoms with Crippen LogP contribution in [-0.2, 0) is 0 Å². The van der Waals surface area contributed by atoms with E-state index in [4.69, 9.17) is 0 Å². The molecule has 118 valence electrons. The van der Waals surface area contributed by atoms with Crippen LogP contribution in [0.5, 0.6) is 0 Å². The van der Waals surface area contributed by atoms with Crippen molar-refractivity contribution in [2.45, 2.75) is 38.5 Å². The van der Waals surface area contributed by atoms with Gasteiger partial charge < -0.3 is 5.32 Å². The Bertz CT molecular complexity index is 645. The number of nitrogens with one attached hydrogen (secondary N) is 1. The quantitative estimate of drug-likeness (QED) is 0.680. The third kappa shape index (κ3) is 5.10. The van der Waals surface area contributed by atoms with E-state index in [1.807, 2.05) is 30.3 Å². The first kappa shape index (κ1) is 15.6. The molecule has 1 aliphatic carbocycles. The van der Waals surface area contributed by atoms with Gasteiger partial charge in [0.05, 0.1) is 5.56 Å². The summed E-state index contributed by atoms with van der Waals surface area (Å²) >= 11 is 0. The zero-order valence-corrected chi connectivity index (χ0v) is 13.5. The molecule has 0 aliphatic heterocycles. The van der Waals surface area contributed by atoms with Gasteiger partial charge in [0.1, 0.15) is 0 Å². The molecule has 2 aromatic rings. The van der Waals surface area contributed by atoms with E-state index >= 15 is 0 Å². The van der Waals surface area contributed by atoms with E-state index in [1.165, 1.54) is 38.5 Å². The number of nitrogens with zero attached hydrogens (tertiary/aromatic N) is 2. The first-order valence-corrected chi connectivity index (χ1v) is 8.53. The molecule has 1 fully saturated rings. The molecule has 0 bridgehead atoms. The minimum Gasteiger partial charge on any atom is -0.354 e. The van der Waals surface area contributed by atoms with Crippen LogP contribution in [0.3, 0.4) is 0 Å². The molecule has 1 saturated carbocycles. The Kier molecular flexibility index (Phi) is 5.64. The van der Waals surface area contributed by atoms with Crippen molar-refractivity contribution in [2.75, 3.05) is 11.9 Å². The molecule has 3 heteroatoms. The summed E-state index contributed by atoms with van der Waals surface area (Å²) in [6, 6.07) is 9.96. The van der Waals surface area contributed by atoms with Crippen molar-refractivity contribution in [3.8, 4) is 11.8 Å². The number of hydrogen-bond donors (Lipinski definition) is 1. The summed E-state index contributed by atoms with van der Waals surface area (Å²) in [4.78, 5) is 8.75. The Morgan fingerprint density at radius 3 is 2.22 bits per heavy atom. The maximum Gasteiger partial charge on any atom is 0.222 e. The normalized spacial score (nSPS) is 15.3. The smallest absolute Gasteiger partial charge is 0.222 e. The fourth-order valence-corrected chi connectivity index (χ4v) is 2.95. The standard InChI is InChI=1S/C20H23N3/c1-2-5-11-18(10-4-1)14-21-20-22-15-19(16-23-20)13-12-17-8-6-3-7-9-17/h3,6-9,15-16,18H,1-2,4-5,10-11,14H2,(H,21,22,23). The van der Waals surface area contributed by atoms with Crippen molar-refractivity contribution in [1.82, 2.24) is 9.97 Å². The Balaban J connectivity index is 1.54. The third-order valence-electron chi connectivity index (χ3n) is 4.30. The van der Waals surface area contributed by atoms with Gasteiger partial charge in [0.2, 0.25) is 5.95 Å². The van der Waals surface area contributed by atoms with Crippen molar-refractivity contribution < 1.29 is 0 Å². The number of aromatic nitrogens is 2. The van der Waals surface area contributed by atoms with Crippen LogP contribution >= 0.6 is 0 Å². The average molecular weight is 305 g/mol. The zero-order chi connectivity index (χ0) is 15.7. The molecule has 3 nitrogen and oxygen atoms in total. The minimum absolute atomic E-state index is 0.708. The minimum atomic E-state index is 0.708. The van der Waals surface area contributed by atoms with Gasteiger partial charge in [0.25, 0.3) is 0 Å². The first-order valence-electron chi connectivity index (χ1n) is 8.53. The SMILES string of the molecule is C(#Cc1cnc(NCC2CCCCCC2)nc1)c1ccccc1. The van der Waals surface area contributed by atoms with Gasteiger partial charge in [0, 0.05) is 24.5 Å². The molecule has 1 N–H and O–H groups in total. The van der Waals surface area contributed by atoms with Crippen LogP contribution in [0.1, 0.15) is 49.7 Å². The molecule has 3 rings (SSSR count). The zero-order valence-electron chi connectivity index (χ0n) is 13.5. The lowest BCUT2D eigenvalue weighted by Crippen LogP contribution is -2.15. The molecule has 0 saturated heterocycles. The predicted molar refractivity (Wildman–Crippen MR) is 94.1 cm³/mol. The molecular weight excluding hydrogens is 282 g/mol. The largest absolute Gasteiger partial charge is 0.354 e.